The zero-order chi connectivity index (χ0) is 6.69. The summed E-state index contributed by atoms with van der Waals surface area (Å²) in [7, 11) is 0. The highest BCUT2D eigenvalue weighted by Crippen LogP contribution is 1.93. The minimum atomic E-state index is 0.113. The molecule has 9 heavy (non-hydrogen) atoms. The van der Waals surface area contributed by atoms with Gasteiger partial charge in [0.2, 0.25) is 0 Å². The van der Waals surface area contributed by atoms with Crippen molar-refractivity contribution in [3.63, 3.8) is 0 Å². The highest BCUT2D eigenvalue weighted by Gasteiger charge is 2.06. The van der Waals surface area contributed by atoms with E-state index in [0.717, 1.165) is 6.54 Å². The standard InChI is InChI=1S/C5H10N2OS/c1-4(9)7-5-6-2-3-8-5/h4,9H,2-3H2,1H3,(H,6,7). The first-order chi connectivity index (χ1) is 4.29. The van der Waals surface area contributed by atoms with Crippen LogP contribution in [0.2, 0.25) is 0 Å². The average Bonchev–Trinajstić information content (AvgIpc) is 2.15. The van der Waals surface area contributed by atoms with Crippen molar-refractivity contribution in [1.29, 1.82) is 0 Å². The molecule has 0 fully saturated rings. The third-order valence-electron chi connectivity index (χ3n) is 0.918. The number of nitrogens with one attached hydrogen (secondary N) is 1. The second kappa shape index (κ2) is 2.96. The van der Waals surface area contributed by atoms with Gasteiger partial charge in [-0.1, -0.05) is 0 Å². The lowest BCUT2D eigenvalue weighted by atomic mass is 10.7. The molecular formula is C5H10N2OS. The SMILES string of the molecule is CC(S)NC1=NCCO1. The number of aliphatic imine (C=N–C) groups is 1. The van der Waals surface area contributed by atoms with Crippen molar-refractivity contribution in [3.05, 3.63) is 0 Å². The van der Waals surface area contributed by atoms with Gasteiger partial charge in [0.25, 0.3) is 6.02 Å². The van der Waals surface area contributed by atoms with Gasteiger partial charge in [-0.05, 0) is 6.92 Å². The Kier molecular flexibility index (Phi) is 2.22. The Balaban J connectivity index is 2.26. The Morgan fingerprint density at radius 1 is 1.89 bits per heavy atom. The number of hydrogen-bond acceptors (Lipinski definition) is 4. The Labute approximate surface area is 59.9 Å². The summed E-state index contributed by atoms with van der Waals surface area (Å²) in [5, 5.41) is 3.05. The summed E-state index contributed by atoms with van der Waals surface area (Å²) in [5.41, 5.74) is 0. The fourth-order valence-electron chi connectivity index (χ4n) is 0.601. The average molecular weight is 146 g/mol. The van der Waals surface area contributed by atoms with Crippen LogP contribution in [0, 0.1) is 0 Å². The minimum absolute atomic E-state index is 0.113. The molecule has 1 aliphatic heterocycles. The molecule has 0 aliphatic carbocycles. The Hall–Kier alpha value is -0.380. The maximum Gasteiger partial charge on any atom is 0.285 e. The lowest BCUT2D eigenvalue weighted by molar-refractivity contribution is 0.331. The van der Waals surface area contributed by atoms with Crippen LogP contribution < -0.4 is 5.32 Å². The maximum atomic E-state index is 5.05. The number of amidine groups is 1. The van der Waals surface area contributed by atoms with Crippen molar-refractivity contribution in [2.45, 2.75) is 12.3 Å². The molecule has 0 aromatic carbocycles. The van der Waals surface area contributed by atoms with Crippen molar-refractivity contribution in [1.82, 2.24) is 5.32 Å². The summed E-state index contributed by atoms with van der Waals surface area (Å²) in [6.45, 7) is 3.39. The molecule has 52 valence electrons. The van der Waals surface area contributed by atoms with Gasteiger partial charge in [0.05, 0.1) is 11.9 Å². The Morgan fingerprint density at radius 2 is 2.67 bits per heavy atom. The predicted molar refractivity (Wildman–Crippen MR) is 39.8 cm³/mol. The molecule has 1 atom stereocenters. The number of ether oxygens (including phenoxy) is 1. The molecular weight excluding hydrogens is 136 g/mol. The molecule has 0 saturated heterocycles. The summed E-state index contributed by atoms with van der Waals surface area (Å²) in [6, 6.07) is 0.623. The van der Waals surface area contributed by atoms with Crippen LogP contribution in [0.5, 0.6) is 0 Å². The third-order valence-corrected chi connectivity index (χ3v) is 1.05. The molecule has 0 saturated carbocycles. The Bertz CT molecular complexity index is 124. The van der Waals surface area contributed by atoms with Gasteiger partial charge >= 0.3 is 0 Å². The van der Waals surface area contributed by atoms with Crippen LogP contribution in [0.3, 0.4) is 0 Å². The summed E-state index contributed by atoms with van der Waals surface area (Å²) < 4.78 is 5.05. The van der Waals surface area contributed by atoms with Gasteiger partial charge < -0.3 is 10.1 Å². The molecule has 0 aromatic rings. The second-order valence-electron chi connectivity index (χ2n) is 1.86. The molecule has 0 amide bonds. The molecule has 3 nitrogen and oxygen atoms in total. The summed E-state index contributed by atoms with van der Waals surface area (Å²) >= 11 is 4.10. The van der Waals surface area contributed by atoms with Gasteiger partial charge in [0.15, 0.2) is 0 Å². The fraction of sp³-hybridized carbons (Fsp3) is 0.800. The molecule has 1 aliphatic rings. The van der Waals surface area contributed by atoms with Gasteiger partial charge in [-0.15, -0.1) is 0 Å². The largest absolute Gasteiger partial charge is 0.463 e. The summed E-state index contributed by atoms with van der Waals surface area (Å²) in [6.07, 6.45) is 0. The quantitative estimate of drug-likeness (QED) is 0.410. The first-order valence-electron chi connectivity index (χ1n) is 2.91. The normalized spacial score (nSPS) is 20.4. The molecule has 4 heteroatoms. The Morgan fingerprint density at radius 3 is 3.11 bits per heavy atom. The van der Waals surface area contributed by atoms with Crippen molar-refractivity contribution in [2.24, 2.45) is 4.99 Å². The second-order valence-corrected chi connectivity index (χ2v) is 2.63. The van der Waals surface area contributed by atoms with E-state index in [1.807, 2.05) is 6.92 Å². The van der Waals surface area contributed by atoms with E-state index in [-0.39, 0.29) is 5.37 Å². The van der Waals surface area contributed by atoms with E-state index in [2.05, 4.69) is 22.9 Å². The fourth-order valence-corrected chi connectivity index (χ4v) is 0.712. The number of nitrogens with zero attached hydrogens (tertiary/aromatic N) is 1. The molecule has 0 spiro atoms. The van der Waals surface area contributed by atoms with E-state index >= 15 is 0 Å². The first kappa shape index (κ1) is 6.74. The number of rotatable bonds is 1. The van der Waals surface area contributed by atoms with Gasteiger partial charge in [-0.3, -0.25) is 0 Å². The molecule has 1 heterocycles. The van der Waals surface area contributed by atoms with Crippen LogP contribution in [-0.2, 0) is 4.74 Å². The van der Waals surface area contributed by atoms with E-state index in [4.69, 9.17) is 4.74 Å². The van der Waals surface area contributed by atoms with Crippen LogP contribution in [-0.4, -0.2) is 24.5 Å². The molecule has 1 N–H and O–H groups in total. The first-order valence-corrected chi connectivity index (χ1v) is 3.42. The lowest BCUT2D eigenvalue weighted by Gasteiger charge is -2.06. The number of thiol groups is 1. The van der Waals surface area contributed by atoms with Gasteiger partial charge in [-0.2, -0.15) is 12.6 Å². The maximum absolute atomic E-state index is 5.05. The van der Waals surface area contributed by atoms with Gasteiger partial charge in [0, 0.05) is 0 Å². The van der Waals surface area contributed by atoms with Crippen LogP contribution in [0.15, 0.2) is 4.99 Å². The van der Waals surface area contributed by atoms with Gasteiger partial charge in [-0.25, -0.2) is 4.99 Å². The van der Waals surface area contributed by atoms with E-state index in [9.17, 15) is 0 Å². The molecule has 0 radical (unpaired) electrons. The molecule has 0 bridgehead atoms. The molecule has 1 unspecified atom stereocenters. The summed E-state index contributed by atoms with van der Waals surface area (Å²) in [5.74, 6) is 0. The zero-order valence-corrected chi connectivity index (χ0v) is 6.19. The van der Waals surface area contributed by atoms with E-state index in [0.29, 0.717) is 12.6 Å². The molecule has 1 rings (SSSR count). The highest BCUT2D eigenvalue weighted by atomic mass is 32.1. The third kappa shape index (κ3) is 2.13. The minimum Gasteiger partial charge on any atom is -0.463 e. The van der Waals surface area contributed by atoms with E-state index in [1.54, 1.807) is 0 Å². The zero-order valence-electron chi connectivity index (χ0n) is 5.29. The van der Waals surface area contributed by atoms with Crippen molar-refractivity contribution in [2.75, 3.05) is 13.2 Å². The van der Waals surface area contributed by atoms with Crippen molar-refractivity contribution in [3.8, 4) is 0 Å². The van der Waals surface area contributed by atoms with Crippen molar-refractivity contribution >= 4 is 18.7 Å². The predicted octanol–water partition coefficient (Wildman–Crippen LogP) is 0.238. The van der Waals surface area contributed by atoms with Crippen LogP contribution in [0.4, 0.5) is 0 Å². The van der Waals surface area contributed by atoms with Gasteiger partial charge in [0.1, 0.15) is 6.61 Å². The van der Waals surface area contributed by atoms with E-state index < -0.39 is 0 Å². The molecule has 0 aromatic heterocycles. The van der Waals surface area contributed by atoms with E-state index in [1.165, 1.54) is 0 Å². The lowest BCUT2D eigenvalue weighted by Crippen LogP contribution is -2.28. The topological polar surface area (TPSA) is 33.6 Å². The van der Waals surface area contributed by atoms with Crippen molar-refractivity contribution < 1.29 is 4.74 Å². The highest BCUT2D eigenvalue weighted by molar-refractivity contribution is 7.80. The van der Waals surface area contributed by atoms with Crippen LogP contribution in [0.1, 0.15) is 6.92 Å². The van der Waals surface area contributed by atoms with Crippen LogP contribution in [0.25, 0.3) is 0 Å². The van der Waals surface area contributed by atoms with Crippen LogP contribution >= 0.6 is 12.6 Å². The number of hydrogen-bond donors (Lipinski definition) is 2. The smallest absolute Gasteiger partial charge is 0.285 e. The monoisotopic (exact) mass is 146 g/mol. The summed E-state index contributed by atoms with van der Waals surface area (Å²) in [4.78, 5) is 4.01.